The maximum Gasteiger partial charge on any atom is 0.387 e. The van der Waals surface area contributed by atoms with Crippen molar-refractivity contribution in [2.24, 2.45) is 0 Å². The van der Waals surface area contributed by atoms with E-state index in [1.807, 2.05) is 0 Å². The Morgan fingerprint density at radius 1 is 1.12 bits per heavy atom. The number of Topliss-reactive ketones (excluding diaryl/α,β-unsaturated/α-hetero) is 1. The summed E-state index contributed by atoms with van der Waals surface area (Å²) in [6, 6.07) is 0. The van der Waals surface area contributed by atoms with E-state index in [0.29, 0.717) is 6.42 Å². The molecule has 1 atom stereocenters. The molecule has 0 radical (unpaired) electrons. The fourth-order valence-corrected chi connectivity index (χ4v) is 0.727. The molecule has 0 saturated carbocycles. The van der Waals surface area contributed by atoms with Crippen molar-refractivity contribution in [3.05, 3.63) is 0 Å². The lowest BCUT2D eigenvalue weighted by atomic mass is 10.2. The molecule has 0 heterocycles. The summed E-state index contributed by atoms with van der Waals surface area (Å²) < 4.78 is 9.45. The van der Waals surface area contributed by atoms with Gasteiger partial charge in [-0.05, 0) is 34.1 Å². The summed E-state index contributed by atoms with van der Waals surface area (Å²) >= 11 is 0. The molecule has 16 heavy (non-hydrogen) atoms. The van der Waals surface area contributed by atoms with Gasteiger partial charge in [-0.25, -0.2) is 9.59 Å². The molecule has 0 spiro atoms. The largest absolute Gasteiger partial charge is 0.456 e. The van der Waals surface area contributed by atoms with Gasteiger partial charge in [-0.3, -0.25) is 4.79 Å². The molecule has 0 bridgehead atoms. The molecule has 0 aromatic heterocycles. The van der Waals surface area contributed by atoms with Crippen LogP contribution in [0.2, 0.25) is 0 Å². The second kappa shape index (κ2) is 5.63. The Bertz CT molecular complexity index is 287. The standard InChI is InChI=1S/C11H18O5/c1-6-7(2)15-9(13)8(12)10(14)16-11(3,4)5/h7H,6H2,1-5H3. The van der Waals surface area contributed by atoms with Gasteiger partial charge in [0.05, 0.1) is 6.10 Å². The number of ketones is 1. The molecule has 0 saturated heterocycles. The van der Waals surface area contributed by atoms with Crippen LogP contribution in [0.3, 0.4) is 0 Å². The number of esters is 2. The van der Waals surface area contributed by atoms with E-state index in [2.05, 4.69) is 0 Å². The minimum atomic E-state index is -1.27. The number of carbonyl (C=O) groups is 3. The number of rotatable bonds is 4. The molecular formula is C11H18O5. The first kappa shape index (κ1) is 14.6. The van der Waals surface area contributed by atoms with Crippen molar-refractivity contribution in [3.8, 4) is 0 Å². The van der Waals surface area contributed by atoms with Crippen LogP contribution in [-0.2, 0) is 23.9 Å². The van der Waals surface area contributed by atoms with Crippen LogP contribution in [-0.4, -0.2) is 29.4 Å². The van der Waals surface area contributed by atoms with Gasteiger partial charge >= 0.3 is 17.7 Å². The van der Waals surface area contributed by atoms with Gasteiger partial charge in [0.15, 0.2) is 0 Å². The molecule has 0 amide bonds. The first-order valence-electron chi connectivity index (χ1n) is 5.15. The van der Waals surface area contributed by atoms with Crippen LogP contribution < -0.4 is 0 Å². The zero-order chi connectivity index (χ0) is 12.9. The van der Waals surface area contributed by atoms with E-state index in [9.17, 15) is 14.4 Å². The number of carbonyl (C=O) groups excluding carboxylic acids is 3. The van der Waals surface area contributed by atoms with Crippen LogP contribution in [0.25, 0.3) is 0 Å². The van der Waals surface area contributed by atoms with Crippen molar-refractivity contribution in [2.45, 2.75) is 52.7 Å². The van der Waals surface area contributed by atoms with Crippen molar-refractivity contribution in [1.29, 1.82) is 0 Å². The Morgan fingerprint density at radius 2 is 1.62 bits per heavy atom. The van der Waals surface area contributed by atoms with Crippen LogP contribution >= 0.6 is 0 Å². The highest BCUT2D eigenvalue weighted by molar-refractivity contribution is 6.60. The maximum atomic E-state index is 11.2. The van der Waals surface area contributed by atoms with Gasteiger partial charge in [-0.2, -0.15) is 0 Å². The van der Waals surface area contributed by atoms with Crippen molar-refractivity contribution in [3.63, 3.8) is 0 Å². The zero-order valence-corrected chi connectivity index (χ0v) is 10.3. The fourth-order valence-electron chi connectivity index (χ4n) is 0.727. The lowest BCUT2D eigenvalue weighted by Crippen LogP contribution is -2.35. The van der Waals surface area contributed by atoms with Crippen molar-refractivity contribution < 1.29 is 23.9 Å². The van der Waals surface area contributed by atoms with Crippen LogP contribution in [0.1, 0.15) is 41.0 Å². The fraction of sp³-hybridized carbons (Fsp3) is 0.727. The van der Waals surface area contributed by atoms with E-state index >= 15 is 0 Å². The second-order valence-electron chi connectivity index (χ2n) is 4.46. The van der Waals surface area contributed by atoms with E-state index in [1.54, 1.807) is 34.6 Å². The predicted octanol–water partition coefficient (Wildman–Crippen LogP) is 1.24. The first-order valence-corrected chi connectivity index (χ1v) is 5.15. The average Bonchev–Trinajstić information content (AvgIpc) is 2.13. The molecule has 0 aromatic rings. The minimum Gasteiger partial charge on any atom is -0.456 e. The van der Waals surface area contributed by atoms with E-state index < -0.39 is 23.3 Å². The molecular weight excluding hydrogens is 212 g/mol. The monoisotopic (exact) mass is 230 g/mol. The third-order valence-corrected chi connectivity index (χ3v) is 1.65. The van der Waals surface area contributed by atoms with Gasteiger partial charge in [-0.1, -0.05) is 6.92 Å². The number of hydrogen-bond donors (Lipinski definition) is 0. The molecule has 1 unspecified atom stereocenters. The highest BCUT2D eigenvalue weighted by Gasteiger charge is 2.30. The summed E-state index contributed by atoms with van der Waals surface area (Å²) in [7, 11) is 0. The summed E-state index contributed by atoms with van der Waals surface area (Å²) in [5.74, 6) is -3.61. The highest BCUT2D eigenvalue weighted by Crippen LogP contribution is 2.07. The summed E-state index contributed by atoms with van der Waals surface area (Å²) in [5, 5.41) is 0. The smallest absolute Gasteiger partial charge is 0.387 e. The van der Waals surface area contributed by atoms with Crippen molar-refractivity contribution >= 4 is 17.7 Å². The molecule has 5 nitrogen and oxygen atoms in total. The van der Waals surface area contributed by atoms with Gasteiger partial charge in [0, 0.05) is 0 Å². The topological polar surface area (TPSA) is 69.7 Å². The Hall–Kier alpha value is -1.39. The highest BCUT2D eigenvalue weighted by atomic mass is 16.6. The summed E-state index contributed by atoms with van der Waals surface area (Å²) in [6.45, 7) is 8.27. The third kappa shape index (κ3) is 5.48. The van der Waals surface area contributed by atoms with E-state index in [-0.39, 0.29) is 6.10 Å². The lowest BCUT2D eigenvalue weighted by Gasteiger charge is -2.18. The van der Waals surface area contributed by atoms with Crippen molar-refractivity contribution in [1.82, 2.24) is 0 Å². The first-order chi connectivity index (χ1) is 7.17. The van der Waals surface area contributed by atoms with Crippen LogP contribution in [0.15, 0.2) is 0 Å². The molecule has 0 aliphatic heterocycles. The third-order valence-electron chi connectivity index (χ3n) is 1.65. The number of ether oxygens (including phenoxy) is 2. The van der Waals surface area contributed by atoms with Crippen LogP contribution in [0, 0.1) is 0 Å². The maximum absolute atomic E-state index is 11.2. The van der Waals surface area contributed by atoms with Crippen molar-refractivity contribution in [2.75, 3.05) is 0 Å². The molecule has 0 rings (SSSR count). The Morgan fingerprint density at radius 3 is 2.00 bits per heavy atom. The summed E-state index contributed by atoms with van der Waals surface area (Å²) in [5.41, 5.74) is -0.802. The minimum absolute atomic E-state index is 0.390. The van der Waals surface area contributed by atoms with Gasteiger partial charge < -0.3 is 9.47 Å². The molecule has 0 aromatic carbocycles. The van der Waals surface area contributed by atoms with E-state index in [0.717, 1.165) is 0 Å². The second-order valence-corrected chi connectivity index (χ2v) is 4.46. The van der Waals surface area contributed by atoms with E-state index in [1.165, 1.54) is 0 Å². The number of hydrogen-bond acceptors (Lipinski definition) is 5. The van der Waals surface area contributed by atoms with Crippen LogP contribution in [0.4, 0.5) is 0 Å². The summed E-state index contributed by atoms with van der Waals surface area (Å²) in [6.07, 6.45) is 0.187. The van der Waals surface area contributed by atoms with Crippen LogP contribution in [0.5, 0.6) is 0 Å². The average molecular weight is 230 g/mol. The predicted molar refractivity (Wildman–Crippen MR) is 56.7 cm³/mol. The lowest BCUT2D eigenvalue weighted by molar-refractivity contribution is -0.171. The normalized spacial score (nSPS) is 12.8. The van der Waals surface area contributed by atoms with Gasteiger partial charge in [0.2, 0.25) is 0 Å². The Balaban J connectivity index is 4.34. The Kier molecular flexibility index (Phi) is 5.14. The Labute approximate surface area is 95.1 Å². The quantitative estimate of drug-likeness (QED) is 0.413. The SMILES string of the molecule is CCC(C)OC(=O)C(=O)C(=O)OC(C)(C)C. The van der Waals surface area contributed by atoms with Gasteiger partial charge in [0.1, 0.15) is 5.60 Å². The molecule has 0 fully saturated rings. The molecule has 5 heteroatoms. The molecule has 0 aliphatic carbocycles. The molecule has 0 aliphatic rings. The molecule has 92 valence electrons. The van der Waals surface area contributed by atoms with Gasteiger partial charge in [-0.15, -0.1) is 0 Å². The van der Waals surface area contributed by atoms with E-state index in [4.69, 9.17) is 9.47 Å². The zero-order valence-electron chi connectivity index (χ0n) is 10.3. The van der Waals surface area contributed by atoms with Gasteiger partial charge in [0.25, 0.3) is 0 Å². The summed E-state index contributed by atoms with van der Waals surface area (Å²) in [4.78, 5) is 33.6. The molecule has 0 N–H and O–H groups in total.